The van der Waals surface area contributed by atoms with Crippen molar-refractivity contribution in [3.05, 3.63) is 63.2 Å². The van der Waals surface area contributed by atoms with E-state index in [-0.39, 0.29) is 27.2 Å². The van der Waals surface area contributed by atoms with Gasteiger partial charge in [0.25, 0.3) is 11.6 Å². The van der Waals surface area contributed by atoms with Crippen LogP contribution in [0.25, 0.3) is 0 Å². The van der Waals surface area contributed by atoms with Crippen LogP contribution in [0.1, 0.15) is 24.2 Å². The molecule has 0 aliphatic rings. The molecule has 1 N–H and O–H groups in total. The topological polar surface area (TPSA) is 110 Å². The quantitative estimate of drug-likeness (QED) is 0.577. The van der Waals surface area contributed by atoms with Crippen LogP contribution in [-0.4, -0.2) is 36.6 Å². The summed E-state index contributed by atoms with van der Waals surface area (Å²) in [7, 11) is -2.14. The van der Waals surface area contributed by atoms with Crippen LogP contribution in [0.15, 0.2) is 47.4 Å². The Labute approximate surface area is 162 Å². The molecule has 0 unspecified atom stereocenters. The van der Waals surface area contributed by atoms with Gasteiger partial charge in [0.1, 0.15) is 5.02 Å². The second-order valence-corrected chi connectivity index (χ2v) is 8.42. The molecule has 0 aromatic heterocycles. The summed E-state index contributed by atoms with van der Waals surface area (Å²) < 4.78 is 26.1. The molecular formula is C17H18ClN3O5S. The van der Waals surface area contributed by atoms with Crippen molar-refractivity contribution < 1.29 is 18.1 Å². The van der Waals surface area contributed by atoms with E-state index in [0.717, 1.165) is 6.07 Å². The first-order chi connectivity index (χ1) is 12.5. The lowest BCUT2D eigenvalue weighted by molar-refractivity contribution is -0.384. The third-order valence-electron chi connectivity index (χ3n) is 3.92. The molecule has 0 bridgehead atoms. The molecule has 0 heterocycles. The van der Waals surface area contributed by atoms with Crippen molar-refractivity contribution in [3.63, 3.8) is 0 Å². The predicted octanol–water partition coefficient (Wildman–Crippen LogP) is 3.53. The van der Waals surface area contributed by atoms with E-state index >= 15 is 0 Å². The van der Waals surface area contributed by atoms with E-state index in [1.807, 2.05) is 0 Å². The summed E-state index contributed by atoms with van der Waals surface area (Å²) in [4.78, 5) is 22.6. The molecule has 0 fully saturated rings. The molecule has 2 aromatic carbocycles. The van der Waals surface area contributed by atoms with Crippen molar-refractivity contribution in [3.8, 4) is 0 Å². The Morgan fingerprint density at radius 3 is 2.30 bits per heavy atom. The number of hydrogen-bond acceptors (Lipinski definition) is 5. The predicted molar refractivity (Wildman–Crippen MR) is 103 cm³/mol. The Morgan fingerprint density at radius 1 is 1.19 bits per heavy atom. The molecular weight excluding hydrogens is 394 g/mol. The highest BCUT2D eigenvalue weighted by atomic mass is 35.5. The van der Waals surface area contributed by atoms with Crippen LogP contribution >= 0.6 is 11.6 Å². The summed E-state index contributed by atoms with van der Waals surface area (Å²) in [5.41, 5.74) is 0.0357. The van der Waals surface area contributed by atoms with Gasteiger partial charge in [-0.2, -0.15) is 4.31 Å². The van der Waals surface area contributed by atoms with E-state index in [4.69, 9.17) is 11.6 Å². The average molecular weight is 412 g/mol. The monoisotopic (exact) mass is 411 g/mol. The summed E-state index contributed by atoms with van der Waals surface area (Å²) in [5.74, 6) is -0.579. The van der Waals surface area contributed by atoms with Crippen molar-refractivity contribution in [2.45, 2.75) is 24.8 Å². The van der Waals surface area contributed by atoms with Gasteiger partial charge < -0.3 is 5.32 Å². The van der Waals surface area contributed by atoms with Gasteiger partial charge in [-0.05, 0) is 50.2 Å². The Morgan fingerprint density at radius 2 is 1.78 bits per heavy atom. The Hall–Kier alpha value is -2.49. The van der Waals surface area contributed by atoms with E-state index < -0.39 is 20.9 Å². The molecule has 8 nitrogen and oxygen atoms in total. The number of halogens is 1. The maximum Gasteiger partial charge on any atom is 0.288 e. The van der Waals surface area contributed by atoms with Gasteiger partial charge in [-0.1, -0.05) is 11.6 Å². The SMILES string of the molecule is CC(C)N(C)S(=O)(=O)c1ccc(NC(=O)c2ccc(Cl)c([N+](=O)[O-])c2)cc1. The summed E-state index contributed by atoms with van der Waals surface area (Å²) in [6, 6.07) is 9.17. The van der Waals surface area contributed by atoms with Gasteiger partial charge in [-0.3, -0.25) is 14.9 Å². The fraction of sp³-hybridized carbons (Fsp3) is 0.235. The van der Waals surface area contributed by atoms with Crippen LogP contribution in [0.4, 0.5) is 11.4 Å². The van der Waals surface area contributed by atoms with Crippen LogP contribution in [0.3, 0.4) is 0 Å². The maximum atomic E-state index is 12.4. The number of anilines is 1. The number of rotatable bonds is 6. The second kappa shape index (κ2) is 8.03. The highest BCUT2D eigenvalue weighted by Gasteiger charge is 2.23. The molecule has 0 spiro atoms. The van der Waals surface area contributed by atoms with E-state index in [0.29, 0.717) is 5.69 Å². The van der Waals surface area contributed by atoms with Gasteiger partial charge in [-0.25, -0.2) is 8.42 Å². The number of nitrogens with zero attached hydrogens (tertiary/aromatic N) is 2. The molecule has 0 saturated carbocycles. The van der Waals surface area contributed by atoms with Crippen LogP contribution < -0.4 is 5.32 Å². The molecule has 10 heteroatoms. The highest BCUT2D eigenvalue weighted by molar-refractivity contribution is 7.89. The minimum atomic E-state index is -3.62. The normalized spacial score (nSPS) is 11.6. The fourth-order valence-electron chi connectivity index (χ4n) is 2.15. The smallest absolute Gasteiger partial charge is 0.288 e. The lowest BCUT2D eigenvalue weighted by Crippen LogP contribution is -2.33. The maximum absolute atomic E-state index is 12.4. The van der Waals surface area contributed by atoms with Gasteiger partial charge in [0.05, 0.1) is 9.82 Å². The van der Waals surface area contributed by atoms with Crippen LogP contribution in [-0.2, 0) is 10.0 Å². The van der Waals surface area contributed by atoms with Gasteiger partial charge in [-0.15, -0.1) is 0 Å². The largest absolute Gasteiger partial charge is 0.322 e. The molecule has 1 amide bonds. The number of hydrogen-bond donors (Lipinski definition) is 1. The lowest BCUT2D eigenvalue weighted by atomic mass is 10.2. The zero-order chi connectivity index (χ0) is 20.4. The Kier molecular flexibility index (Phi) is 6.19. The lowest BCUT2D eigenvalue weighted by Gasteiger charge is -2.21. The number of nitrogens with one attached hydrogen (secondary N) is 1. The molecule has 2 aromatic rings. The summed E-state index contributed by atoms with van der Waals surface area (Å²) in [5, 5.41) is 13.4. The molecule has 27 heavy (non-hydrogen) atoms. The first-order valence-corrected chi connectivity index (χ1v) is 9.69. The number of sulfonamides is 1. The van der Waals surface area contributed by atoms with Crippen molar-refractivity contribution in [2.24, 2.45) is 0 Å². The third kappa shape index (κ3) is 4.62. The summed E-state index contributed by atoms with van der Waals surface area (Å²) in [6.45, 7) is 3.52. The molecule has 0 aliphatic heterocycles. The zero-order valence-corrected chi connectivity index (χ0v) is 16.4. The molecule has 144 valence electrons. The zero-order valence-electron chi connectivity index (χ0n) is 14.8. The number of nitro groups is 1. The molecule has 0 radical (unpaired) electrons. The van der Waals surface area contributed by atoms with E-state index in [1.54, 1.807) is 13.8 Å². The van der Waals surface area contributed by atoms with Gasteiger partial charge >= 0.3 is 0 Å². The van der Waals surface area contributed by atoms with Crippen molar-refractivity contribution in [1.29, 1.82) is 0 Å². The van der Waals surface area contributed by atoms with Crippen molar-refractivity contribution >= 4 is 38.9 Å². The Bertz CT molecular complexity index is 975. The summed E-state index contributed by atoms with van der Waals surface area (Å²) in [6.07, 6.45) is 0. The molecule has 0 aliphatic carbocycles. The third-order valence-corrected chi connectivity index (χ3v) is 6.29. The minimum absolute atomic E-state index is 0.0577. The molecule has 2 rings (SSSR count). The summed E-state index contributed by atoms with van der Waals surface area (Å²) >= 11 is 5.73. The number of carbonyl (C=O) groups excluding carboxylic acids is 1. The van der Waals surface area contributed by atoms with Crippen LogP contribution in [0, 0.1) is 10.1 Å². The molecule has 0 atom stereocenters. The number of nitro benzene ring substituents is 1. The first kappa shape index (κ1) is 20.8. The van der Waals surface area contributed by atoms with Gasteiger partial charge in [0.2, 0.25) is 10.0 Å². The van der Waals surface area contributed by atoms with Crippen molar-refractivity contribution in [2.75, 3.05) is 12.4 Å². The average Bonchev–Trinajstić information content (AvgIpc) is 2.61. The fourth-order valence-corrected chi connectivity index (χ4v) is 3.71. The first-order valence-electron chi connectivity index (χ1n) is 7.87. The second-order valence-electron chi connectivity index (χ2n) is 6.02. The Balaban J connectivity index is 2.21. The molecule has 0 saturated heterocycles. The highest BCUT2D eigenvalue weighted by Crippen LogP contribution is 2.26. The van der Waals surface area contributed by atoms with Crippen LogP contribution in [0.5, 0.6) is 0 Å². The van der Waals surface area contributed by atoms with E-state index in [2.05, 4.69) is 5.32 Å². The van der Waals surface area contributed by atoms with Crippen LogP contribution in [0.2, 0.25) is 5.02 Å². The van der Waals surface area contributed by atoms with Gasteiger partial charge in [0, 0.05) is 30.4 Å². The number of amides is 1. The van der Waals surface area contributed by atoms with Gasteiger partial charge in [0.15, 0.2) is 0 Å². The van der Waals surface area contributed by atoms with E-state index in [9.17, 15) is 23.3 Å². The standard InChI is InChI=1S/C17H18ClN3O5S/c1-11(2)20(3)27(25,26)14-7-5-13(6-8-14)19-17(22)12-4-9-15(18)16(10-12)21(23)24/h4-11H,1-3H3,(H,19,22). The van der Waals surface area contributed by atoms with Crippen molar-refractivity contribution in [1.82, 2.24) is 4.31 Å². The minimum Gasteiger partial charge on any atom is -0.322 e. The number of carbonyl (C=O) groups is 1. The van der Waals surface area contributed by atoms with E-state index in [1.165, 1.54) is 47.8 Å². The number of benzene rings is 2.